The Morgan fingerprint density at radius 2 is 1.92 bits per heavy atom. The second-order valence-corrected chi connectivity index (χ2v) is 8.02. The zero-order chi connectivity index (χ0) is 17.1. The first-order valence-corrected chi connectivity index (χ1v) is 10.0. The molecule has 0 unspecified atom stereocenters. The predicted octanol–water partition coefficient (Wildman–Crippen LogP) is 1.35. The first-order valence-electron chi connectivity index (χ1n) is 7.86. The fourth-order valence-electron chi connectivity index (χ4n) is 2.95. The van der Waals surface area contributed by atoms with Crippen molar-refractivity contribution in [2.75, 3.05) is 10.1 Å². The van der Waals surface area contributed by atoms with Crippen LogP contribution >= 0.6 is 0 Å². The summed E-state index contributed by atoms with van der Waals surface area (Å²) in [6, 6.07) is 10.0. The Bertz CT molecular complexity index is 769. The molecule has 24 heavy (non-hydrogen) atoms. The summed E-state index contributed by atoms with van der Waals surface area (Å²) >= 11 is -0.989. The molecule has 2 nitrogen and oxygen atoms in total. The first-order chi connectivity index (χ1) is 11.6. The van der Waals surface area contributed by atoms with E-state index in [1.165, 1.54) is 34.9 Å². The fourth-order valence-corrected chi connectivity index (χ4v) is 4.74. The molecule has 0 aliphatic heterocycles. The van der Waals surface area contributed by atoms with E-state index in [2.05, 4.69) is 9.60 Å². The third-order valence-corrected chi connectivity index (χ3v) is 6.67. The van der Waals surface area contributed by atoms with E-state index in [0.29, 0.717) is 0 Å². The van der Waals surface area contributed by atoms with E-state index in [4.69, 9.17) is 0 Å². The molecule has 0 fully saturated rings. The van der Waals surface area contributed by atoms with E-state index < -0.39 is 33.1 Å². The summed E-state index contributed by atoms with van der Waals surface area (Å²) < 4.78 is 30.8. The first kappa shape index (κ1) is 17.4. The molecule has 0 saturated carbocycles. The molecule has 2 aromatic rings. The maximum absolute atomic E-state index is 13.7. The second-order valence-electron chi connectivity index (χ2n) is 5.87. The molecule has 2 aromatic carbocycles. The summed E-state index contributed by atoms with van der Waals surface area (Å²) in [7, 11) is 0. The van der Waals surface area contributed by atoms with Crippen molar-refractivity contribution >= 4 is 11.3 Å². The molecule has 0 amide bonds. The number of halogens is 3. The summed E-state index contributed by atoms with van der Waals surface area (Å²) in [5.74, 6) is -0.978. The second kappa shape index (κ2) is 7.61. The quantitative estimate of drug-likeness (QED) is 0.426. The molecule has 0 heterocycles. The van der Waals surface area contributed by atoms with Gasteiger partial charge in [-0.3, -0.25) is 0 Å². The van der Waals surface area contributed by atoms with Gasteiger partial charge in [0.05, 0.1) is 0 Å². The molecule has 1 aliphatic carbocycles. The summed E-state index contributed by atoms with van der Waals surface area (Å²) in [4.78, 5) is 0. The number of nitrogens with one attached hydrogen (secondary N) is 1. The molecular weight excluding hydrogens is 423 g/mol. The van der Waals surface area contributed by atoms with E-state index in [-0.39, 0.29) is 10.2 Å². The molecule has 3 rings (SSSR count). The van der Waals surface area contributed by atoms with Crippen LogP contribution in [0.2, 0.25) is 0 Å². The van der Waals surface area contributed by atoms with Crippen LogP contribution < -0.4 is 25.0 Å². The minimum absolute atomic E-state index is 0.0762. The van der Waals surface area contributed by atoms with Crippen LogP contribution in [0.1, 0.15) is 30.9 Å². The molecule has 128 valence electrons. The number of rotatable bonds is 4. The van der Waals surface area contributed by atoms with Gasteiger partial charge in [-0.05, 0) is 0 Å². The third-order valence-electron chi connectivity index (χ3n) is 4.21. The van der Waals surface area contributed by atoms with Gasteiger partial charge in [0.15, 0.2) is 0 Å². The van der Waals surface area contributed by atoms with Crippen molar-refractivity contribution < 1.29 is 35.4 Å². The molecule has 2 N–H and O–H groups in total. The van der Waals surface area contributed by atoms with Crippen LogP contribution in [0.4, 0.5) is 14.5 Å². The van der Waals surface area contributed by atoms with Gasteiger partial charge in [-0.2, -0.15) is 0 Å². The monoisotopic (exact) mass is 442 g/mol. The topological polar surface area (TPSA) is 32.3 Å². The molecule has 1 aliphatic rings. The minimum atomic E-state index is -0.989. The van der Waals surface area contributed by atoms with Gasteiger partial charge in [0, 0.05) is 0 Å². The molecule has 0 saturated heterocycles. The zero-order valence-corrected chi connectivity index (χ0v) is 15.5. The number of hydrogen-bond acceptors (Lipinski definition) is 2. The number of benzene rings is 2. The maximum atomic E-state index is 13.7. The number of anilines is 1. The van der Waals surface area contributed by atoms with Gasteiger partial charge >= 0.3 is 151 Å². The molecule has 0 bridgehead atoms. The van der Waals surface area contributed by atoms with E-state index in [0.717, 1.165) is 30.5 Å². The van der Waals surface area contributed by atoms with Gasteiger partial charge in [-0.25, -0.2) is 0 Å². The Labute approximate surface area is 151 Å². The predicted molar refractivity (Wildman–Crippen MR) is 87.7 cm³/mol. The van der Waals surface area contributed by atoms with Crippen molar-refractivity contribution in [3.05, 3.63) is 68.3 Å². The number of aliphatic hydroxyl groups is 1. The summed E-state index contributed by atoms with van der Waals surface area (Å²) in [5.41, 5.74) is 5.55. The van der Waals surface area contributed by atoms with E-state index in [1.807, 2.05) is 19.1 Å². The number of allylic oxidation sites excluding steroid dienone is 1. The van der Waals surface area contributed by atoms with Crippen molar-refractivity contribution in [3.63, 3.8) is 0 Å². The van der Waals surface area contributed by atoms with Crippen molar-refractivity contribution in [2.24, 2.45) is 0 Å². The van der Waals surface area contributed by atoms with Crippen LogP contribution in [0.25, 0.3) is 5.57 Å². The van der Waals surface area contributed by atoms with Gasteiger partial charge in [-0.1, -0.05) is 0 Å². The number of hydrogen-bond donors (Lipinski definition) is 2. The van der Waals surface area contributed by atoms with Crippen LogP contribution in [-0.2, 0) is 6.42 Å². The summed E-state index contributed by atoms with van der Waals surface area (Å²) in [6.07, 6.45) is 3.03. The Kier molecular flexibility index (Phi) is 5.50. The molecule has 0 atom stereocenters. The number of aliphatic hydroxyl groups excluding tert-OH is 1. The molecular formula is C19H19F2INO-. The molecule has 5 heteroatoms. The Morgan fingerprint density at radius 3 is 2.62 bits per heavy atom. The van der Waals surface area contributed by atoms with Crippen LogP contribution in [0.15, 0.2) is 42.0 Å². The van der Waals surface area contributed by atoms with Crippen molar-refractivity contribution in [1.29, 1.82) is 0 Å². The average Bonchev–Trinajstić information content (AvgIpc) is 2.60. The van der Waals surface area contributed by atoms with Crippen LogP contribution in [0.3, 0.4) is 0 Å². The Balaban J connectivity index is 1.82. The number of fused-ring (bicyclic) bond motifs is 1. The van der Waals surface area contributed by atoms with Gasteiger partial charge in [-0.15, -0.1) is 0 Å². The Morgan fingerprint density at radius 1 is 1.17 bits per heavy atom. The van der Waals surface area contributed by atoms with E-state index in [1.54, 1.807) is 0 Å². The van der Waals surface area contributed by atoms with Gasteiger partial charge < -0.3 is 0 Å². The summed E-state index contributed by atoms with van der Waals surface area (Å²) in [6.45, 7) is 2.04. The zero-order valence-electron chi connectivity index (χ0n) is 13.4. The molecule has 0 aromatic heterocycles. The average molecular weight is 442 g/mol. The van der Waals surface area contributed by atoms with Crippen molar-refractivity contribution in [3.8, 4) is 0 Å². The Hall–Kier alpha value is -1.47. The van der Waals surface area contributed by atoms with Crippen LogP contribution in [-0.4, -0.2) is 11.7 Å². The van der Waals surface area contributed by atoms with E-state index in [9.17, 15) is 13.9 Å². The van der Waals surface area contributed by atoms with Gasteiger partial charge in [0.2, 0.25) is 0 Å². The standard InChI is InChI=1S/C19H19F2INO/c1-12(11-24)15-5-2-4-13-10-14(8-9-16(13)15)23-22-19-17(20)6-3-7-18(19)21/h3,6-10,23-24H,2,4-5,11H2,1H3/q-1/b15-12+. The summed E-state index contributed by atoms with van der Waals surface area (Å²) in [5, 5.41) is 9.39. The van der Waals surface area contributed by atoms with Gasteiger partial charge in [0.1, 0.15) is 0 Å². The number of aryl methyl sites for hydroxylation is 1. The third kappa shape index (κ3) is 3.62. The SMILES string of the molecule is C/C(CO)=C1/CCCc2cc(N[I-]c3c(F)cccc3F)ccc21. The van der Waals surface area contributed by atoms with Crippen molar-refractivity contribution in [1.82, 2.24) is 0 Å². The van der Waals surface area contributed by atoms with Crippen molar-refractivity contribution in [2.45, 2.75) is 26.2 Å². The van der Waals surface area contributed by atoms with E-state index >= 15 is 0 Å². The van der Waals surface area contributed by atoms with Crippen LogP contribution in [0, 0.1) is 15.2 Å². The normalized spacial score (nSPS) is 16.0. The molecule has 0 spiro atoms. The van der Waals surface area contributed by atoms with Crippen LogP contribution in [0.5, 0.6) is 0 Å². The fraction of sp³-hybridized carbons (Fsp3) is 0.263. The molecule has 0 radical (unpaired) electrons. The van der Waals surface area contributed by atoms with Gasteiger partial charge in [0.25, 0.3) is 0 Å².